The van der Waals surface area contributed by atoms with Crippen molar-refractivity contribution in [3.05, 3.63) is 46.6 Å². The summed E-state index contributed by atoms with van der Waals surface area (Å²) in [7, 11) is 1.55. The Hall–Kier alpha value is -3.06. The normalized spacial score (nSPS) is 11.2. The number of pyridine rings is 1. The molecule has 0 bridgehead atoms. The summed E-state index contributed by atoms with van der Waals surface area (Å²) in [6.45, 7) is 3.34. The van der Waals surface area contributed by atoms with E-state index < -0.39 is 0 Å². The zero-order valence-corrected chi connectivity index (χ0v) is 15.1. The van der Waals surface area contributed by atoms with Gasteiger partial charge < -0.3 is 4.74 Å². The van der Waals surface area contributed by atoms with E-state index in [9.17, 15) is 4.79 Å². The van der Waals surface area contributed by atoms with Crippen LogP contribution in [-0.4, -0.2) is 37.5 Å². The first-order valence-electron chi connectivity index (χ1n) is 7.87. The number of ether oxygens (including phenoxy) is 1. The number of rotatable bonds is 3. The van der Waals surface area contributed by atoms with Gasteiger partial charge in [-0.2, -0.15) is 4.98 Å². The summed E-state index contributed by atoms with van der Waals surface area (Å²) in [6.07, 6.45) is 0. The first-order chi connectivity index (χ1) is 12.5. The molecule has 4 aromatic rings. The summed E-state index contributed by atoms with van der Waals surface area (Å²) in [4.78, 5) is 20.9. The number of methoxy groups -OCH3 is 1. The minimum atomic E-state index is -0.0510. The van der Waals surface area contributed by atoms with Crippen LogP contribution in [0.2, 0.25) is 5.02 Å². The second kappa shape index (κ2) is 6.03. The molecule has 130 valence electrons. The molecular weight excluding hydrogens is 354 g/mol. The minimum Gasteiger partial charge on any atom is -0.481 e. The fraction of sp³-hybridized carbons (Fsp3) is 0.167. The Morgan fingerprint density at radius 3 is 2.65 bits per heavy atom. The van der Waals surface area contributed by atoms with Crippen LogP contribution in [0.25, 0.3) is 28.2 Å². The largest absolute Gasteiger partial charge is 0.481 e. The molecule has 0 amide bonds. The van der Waals surface area contributed by atoms with Gasteiger partial charge in [-0.1, -0.05) is 11.6 Å². The highest BCUT2D eigenvalue weighted by Gasteiger charge is 2.19. The zero-order chi connectivity index (χ0) is 18.4. The highest BCUT2D eigenvalue weighted by Crippen LogP contribution is 2.31. The van der Waals surface area contributed by atoms with Gasteiger partial charge in [-0.05, 0) is 38.1 Å². The van der Waals surface area contributed by atoms with Crippen molar-refractivity contribution in [2.24, 2.45) is 0 Å². The number of Topliss-reactive ketones (excluding diaryl/α,β-unsaturated/α-hetero) is 1. The topological polar surface area (TPSA) is 82.3 Å². The molecule has 0 aliphatic heterocycles. The number of ketones is 1. The summed E-state index contributed by atoms with van der Waals surface area (Å²) in [5.74, 6) is 0.948. The second-order valence-corrected chi connectivity index (χ2v) is 6.23. The SMILES string of the molecule is COc1ccc2nnc3c(C)nc(-c4cc(C(C)=O)ccc4Cl)n3c2n1. The van der Waals surface area contributed by atoms with Gasteiger partial charge in [0.2, 0.25) is 5.88 Å². The minimum absolute atomic E-state index is 0.0510. The maximum absolute atomic E-state index is 11.8. The van der Waals surface area contributed by atoms with Gasteiger partial charge in [0.25, 0.3) is 0 Å². The van der Waals surface area contributed by atoms with Crippen molar-refractivity contribution >= 4 is 34.2 Å². The van der Waals surface area contributed by atoms with E-state index in [0.717, 1.165) is 0 Å². The predicted octanol–water partition coefficient (Wildman–Crippen LogP) is 3.51. The Kier molecular flexibility index (Phi) is 3.81. The number of carbonyl (C=O) groups excluding carboxylic acids is 1. The standard InChI is InChI=1S/C18H14ClN5O2/c1-9-16-23-22-14-6-7-15(26-3)21-18(14)24(16)17(20-9)12-8-11(10(2)25)4-5-13(12)19/h4-8H,1-3H3. The number of benzene rings is 1. The zero-order valence-electron chi connectivity index (χ0n) is 14.3. The highest BCUT2D eigenvalue weighted by atomic mass is 35.5. The lowest BCUT2D eigenvalue weighted by atomic mass is 10.1. The first kappa shape index (κ1) is 16.4. The maximum atomic E-state index is 11.8. The molecular formula is C18H14ClN5O2. The molecule has 0 atom stereocenters. The van der Waals surface area contributed by atoms with Crippen LogP contribution in [0.3, 0.4) is 0 Å². The van der Waals surface area contributed by atoms with Crippen molar-refractivity contribution in [1.82, 2.24) is 24.6 Å². The van der Waals surface area contributed by atoms with Crippen LogP contribution in [0.15, 0.2) is 30.3 Å². The molecule has 1 aromatic carbocycles. The molecule has 0 fully saturated rings. The molecule has 26 heavy (non-hydrogen) atoms. The molecule has 0 saturated heterocycles. The molecule has 0 aliphatic carbocycles. The molecule has 3 aromatic heterocycles. The number of hydrogen-bond donors (Lipinski definition) is 0. The van der Waals surface area contributed by atoms with Crippen LogP contribution in [0.1, 0.15) is 23.0 Å². The first-order valence-corrected chi connectivity index (χ1v) is 8.24. The summed E-state index contributed by atoms with van der Waals surface area (Å²) in [5.41, 5.74) is 3.57. The second-order valence-electron chi connectivity index (χ2n) is 5.83. The Labute approximate surface area is 153 Å². The van der Waals surface area contributed by atoms with Crippen molar-refractivity contribution in [1.29, 1.82) is 0 Å². The van der Waals surface area contributed by atoms with Crippen LogP contribution in [-0.2, 0) is 0 Å². The van der Waals surface area contributed by atoms with E-state index in [1.54, 1.807) is 41.8 Å². The summed E-state index contributed by atoms with van der Waals surface area (Å²) >= 11 is 6.41. The highest BCUT2D eigenvalue weighted by molar-refractivity contribution is 6.33. The summed E-state index contributed by atoms with van der Waals surface area (Å²) in [5, 5.41) is 8.94. The van der Waals surface area contributed by atoms with Gasteiger partial charge in [-0.15, -0.1) is 10.2 Å². The van der Waals surface area contributed by atoms with E-state index in [-0.39, 0.29) is 5.78 Å². The Bertz CT molecular complexity index is 1190. The van der Waals surface area contributed by atoms with Gasteiger partial charge >= 0.3 is 0 Å². The van der Waals surface area contributed by atoms with E-state index >= 15 is 0 Å². The van der Waals surface area contributed by atoms with Crippen molar-refractivity contribution in [3.63, 3.8) is 0 Å². The van der Waals surface area contributed by atoms with E-state index in [4.69, 9.17) is 16.3 Å². The molecule has 0 spiro atoms. The molecule has 3 heterocycles. The van der Waals surface area contributed by atoms with E-state index in [1.165, 1.54) is 6.92 Å². The van der Waals surface area contributed by atoms with E-state index in [0.29, 0.717) is 50.4 Å². The Morgan fingerprint density at radius 2 is 1.92 bits per heavy atom. The molecule has 0 aliphatic rings. The molecule has 0 unspecified atom stereocenters. The lowest BCUT2D eigenvalue weighted by Crippen LogP contribution is -2.01. The third kappa shape index (κ3) is 2.48. The monoisotopic (exact) mass is 367 g/mol. The quantitative estimate of drug-likeness (QED) is 0.515. The Balaban J connectivity index is 2.12. The van der Waals surface area contributed by atoms with Crippen LogP contribution in [0, 0.1) is 6.92 Å². The third-order valence-electron chi connectivity index (χ3n) is 4.14. The van der Waals surface area contributed by atoms with Gasteiger partial charge in [-0.25, -0.2) is 4.98 Å². The predicted molar refractivity (Wildman–Crippen MR) is 97.8 cm³/mol. The van der Waals surface area contributed by atoms with Crippen LogP contribution in [0.4, 0.5) is 0 Å². The van der Waals surface area contributed by atoms with Crippen molar-refractivity contribution in [3.8, 4) is 17.3 Å². The number of fused-ring (bicyclic) bond motifs is 3. The van der Waals surface area contributed by atoms with Crippen LogP contribution < -0.4 is 4.74 Å². The fourth-order valence-corrected chi connectivity index (χ4v) is 3.02. The van der Waals surface area contributed by atoms with E-state index in [1.807, 2.05) is 6.92 Å². The molecule has 0 radical (unpaired) electrons. The number of hydrogen-bond acceptors (Lipinski definition) is 6. The lowest BCUT2D eigenvalue weighted by Gasteiger charge is -2.08. The average molecular weight is 368 g/mol. The number of halogens is 1. The van der Waals surface area contributed by atoms with Gasteiger partial charge in [0.1, 0.15) is 11.3 Å². The third-order valence-corrected chi connectivity index (χ3v) is 4.47. The number of aryl methyl sites for hydroxylation is 1. The van der Waals surface area contributed by atoms with Gasteiger partial charge in [-0.3, -0.25) is 9.20 Å². The molecule has 4 rings (SSSR count). The smallest absolute Gasteiger partial charge is 0.215 e. The molecule has 0 N–H and O–H groups in total. The van der Waals surface area contributed by atoms with Crippen molar-refractivity contribution in [2.75, 3.05) is 7.11 Å². The molecule has 8 heteroatoms. The van der Waals surface area contributed by atoms with Crippen LogP contribution >= 0.6 is 11.6 Å². The summed E-state index contributed by atoms with van der Waals surface area (Å²) in [6, 6.07) is 8.60. The Morgan fingerprint density at radius 1 is 1.12 bits per heavy atom. The summed E-state index contributed by atoms with van der Waals surface area (Å²) < 4.78 is 7.02. The molecule has 0 saturated carbocycles. The van der Waals surface area contributed by atoms with Crippen molar-refractivity contribution < 1.29 is 9.53 Å². The van der Waals surface area contributed by atoms with Gasteiger partial charge in [0, 0.05) is 17.2 Å². The number of imidazole rings is 1. The lowest BCUT2D eigenvalue weighted by molar-refractivity contribution is 0.101. The molecule has 7 nitrogen and oxygen atoms in total. The number of carbonyl (C=O) groups is 1. The van der Waals surface area contributed by atoms with E-state index in [2.05, 4.69) is 20.2 Å². The fourth-order valence-electron chi connectivity index (χ4n) is 2.82. The van der Waals surface area contributed by atoms with Crippen molar-refractivity contribution in [2.45, 2.75) is 13.8 Å². The maximum Gasteiger partial charge on any atom is 0.215 e. The van der Waals surface area contributed by atoms with Crippen LogP contribution in [0.5, 0.6) is 5.88 Å². The number of nitrogens with zero attached hydrogens (tertiary/aromatic N) is 5. The van der Waals surface area contributed by atoms with Gasteiger partial charge in [0.05, 0.1) is 17.8 Å². The number of aromatic nitrogens is 5. The van der Waals surface area contributed by atoms with Gasteiger partial charge in [0.15, 0.2) is 17.1 Å². The average Bonchev–Trinajstić information content (AvgIpc) is 2.98.